The molecule has 0 N–H and O–H groups in total. The van der Waals surface area contributed by atoms with Crippen molar-refractivity contribution in [3.63, 3.8) is 0 Å². The van der Waals surface area contributed by atoms with Gasteiger partial charge in [0, 0.05) is 19.4 Å². The van der Waals surface area contributed by atoms with Crippen LogP contribution in [0, 0.1) is 0 Å². The lowest BCUT2D eigenvalue weighted by molar-refractivity contribution is -0.177. The Labute approximate surface area is 132 Å². The van der Waals surface area contributed by atoms with Crippen molar-refractivity contribution in [1.29, 1.82) is 0 Å². The van der Waals surface area contributed by atoms with Gasteiger partial charge in [0.05, 0.1) is 0 Å². The van der Waals surface area contributed by atoms with Gasteiger partial charge in [-0.2, -0.15) is 0 Å². The first-order chi connectivity index (χ1) is 10.1. The number of carbonyl (C=O) groups excluding carboxylic acids is 2. The molecule has 1 aromatic rings. The van der Waals surface area contributed by atoms with Crippen LogP contribution >= 0.6 is 0 Å². The van der Waals surface area contributed by atoms with Gasteiger partial charge in [-0.1, -0.05) is 45.0 Å². The Balaban J connectivity index is 3.07. The van der Waals surface area contributed by atoms with E-state index in [2.05, 4.69) is 32.9 Å². The predicted octanol–water partition coefficient (Wildman–Crippen LogP) is 3.84. The molecular formula is C18H24O4. The predicted molar refractivity (Wildman–Crippen MR) is 86.1 cm³/mol. The molecule has 120 valence electrons. The van der Waals surface area contributed by atoms with E-state index in [-0.39, 0.29) is 5.41 Å². The Hall–Kier alpha value is -2.10. The summed E-state index contributed by atoms with van der Waals surface area (Å²) in [7, 11) is 0. The third-order valence-corrected chi connectivity index (χ3v) is 3.06. The summed E-state index contributed by atoms with van der Waals surface area (Å²) in [6.45, 7) is 10.8. The maximum atomic E-state index is 11.1. The zero-order chi connectivity index (χ0) is 16.9. The first kappa shape index (κ1) is 18.0. The van der Waals surface area contributed by atoms with Crippen molar-refractivity contribution in [3.8, 4) is 0 Å². The molecule has 0 saturated carbocycles. The van der Waals surface area contributed by atoms with Gasteiger partial charge in [-0.3, -0.25) is 9.59 Å². The molecule has 1 aromatic carbocycles. The second-order valence-electron chi connectivity index (χ2n) is 6.31. The minimum Gasteiger partial charge on any atom is -0.421 e. The fourth-order valence-corrected chi connectivity index (χ4v) is 1.94. The average Bonchev–Trinajstić information content (AvgIpc) is 2.36. The number of esters is 2. The third-order valence-electron chi connectivity index (χ3n) is 3.06. The van der Waals surface area contributed by atoms with E-state index in [1.807, 2.05) is 18.2 Å². The van der Waals surface area contributed by atoms with Crippen molar-refractivity contribution in [2.45, 2.75) is 53.2 Å². The summed E-state index contributed by atoms with van der Waals surface area (Å²) in [6, 6.07) is 8.08. The number of carbonyl (C=O) groups is 2. The van der Waals surface area contributed by atoms with Gasteiger partial charge in [0.25, 0.3) is 6.29 Å². The van der Waals surface area contributed by atoms with Crippen LogP contribution in [0.15, 0.2) is 29.8 Å². The Morgan fingerprint density at radius 2 is 1.59 bits per heavy atom. The summed E-state index contributed by atoms with van der Waals surface area (Å²) in [4.78, 5) is 22.3. The van der Waals surface area contributed by atoms with E-state index in [1.165, 1.54) is 19.4 Å². The second kappa shape index (κ2) is 7.25. The van der Waals surface area contributed by atoms with E-state index >= 15 is 0 Å². The number of rotatable bonds is 4. The lowest BCUT2D eigenvalue weighted by Crippen LogP contribution is -2.23. The van der Waals surface area contributed by atoms with E-state index in [0.29, 0.717) is 5.57 Å². The Morgan fingerprint density at radius 3 is 2.05 bits per heavy atom. The van der Waals surface area contributed by atoms with Crippen molar-refractivity contribution < 1.29 is 19.1 Å². The van der Waals surface area contributed by atoms with Crippen LogP contribution < -0.4 is 0 Å². The van der Waals surface area contributed by atoms with Crippen LogP contribution in [0.4, 0.5) is 0 Å². The molecule has 0 aliphatic heterocycles. The standard InChI is InChI=1S/C18H24O4/c1-12(17(21-13(2)19)22-14(3)20)10-15-8-7-9-16(11-15)18(4,5)6/h7-11,17H,1-6H3/b12-10+. The molecule has 0 amide bonds. The maximum absolute atomic E-state index is 11.1. The van der Waals surface area contributed by atoms with E-state index in [1.54, 1.807) is 6.92 Å². The molecule has 0 unspecified atom stereocenters. The molecule has 0 aromatic heterocycles. The van der Waals surface area contributed by atoms with Crippen LogP contribution in [0.25, 0.3) is 6.08 Å². The number of ether oxygens (including phenoxy) is 2. The summed E-state index contributed by atoms with van der Waals surface area (Å²) in [5.41, 5.74) is 2.86. The Morgan fingerprint density at radius 1 is 1.05 bits per heavy atom. The van der Waals surface area contributed by atoms with Gasteiger partial charge in [0.2, 0.25) is 0 Å². The molecule has 0 spiro atoms. The maximum Gasteiger partial charge on any atom is 0.305 e. The largest absolute Gasteiger partial charge is 0.421 e. The summed E-state index contributed by atoms with van der Waals surface area (Å²) >= 11 is 0. The third kappa shape index (κ3) is 5.72. The van der Waals surface area contributed by atoms with E-state index < -0.39 is 18.2 Å². The van der Waals surface area contributed by atoms with Gasteiger partial charge < -0.3 is 9.47 Å². The number of hydrogen-bond acceptors (Lipinski definition) is 4. The molecule has 0 fully saturated rings. The molecular weight excluding hydrogens is 280 g/mol. The SMILES string of the molecule is CC(=O)OC(OC(C)=O)/C(C)=C/c1cccc(C(C)(C)C)c1. The smallest absolute Gasteiger partial charge is 0.305 e. The van der Waals surface area contributed by atoms with Gasteiger partial charge >= 0.3 is 11.9 Å². The second-order valence-corrected chi connectivity index (χ2v) is 6.31. The highest BCUT2D eigenvalue weighted by atomic mass is 16.7. The van der Waals surface area contributed by atoms with E-state index in [9.17, 15) is 9.59 Å². The number of hydrogen-bond donors (Lipinski definition) is 0. The minimum atomic E-state index is -0.992. The van der Waals surface area contributed by atoms with E-state index in [4.69, 9.17) is 9.47 Å². The van der Waals surface area contributed by atoms with Crippen LogP contribution in [-0.2, 0) is 24.5 Å². The lowest BCUT2D eigenvalue weighted by atomic mass is 9.86. The molecule has 0 aliphatic rings. The van der Waals surface area contributed by atoms with Gasteiger partial charge in [0.1, 0.15) is 0 Å². The highest BCUT2D eigenvalue weighted by Gasteiger charge is 2.18. The molecule has 1 rings (SSSR count). The zero-order valence-corrected chi connectivity index (χ0v) is 14.1. The van der Waals surface area contributed by atoms with Crippen molar-refractivity contribution in [2.75, 3.05) is 0 Å². The normalized spacial score (nSPS) is 12.2. The molecule has 0 heterocycles. The van der Waals surface area contributed by atoms with Crippen LogP contribution in [0.2, 0.25) is 0 Å². The van der Waals surface area contributed by atoms with Crippen LogP contribution in [0.1, 0.15) is 52.7 Å². The molecule has 0 radical (unpaired) electrons. The summed E-state index contributed by atoms with van der Waals surface area (Å²) in [5.74, 6) is -0.995. The highest BCUT2D eigenvalue weighted by molar-refractivity contribution is 5.69. The number of benzene rings is 1. The van der Waals surface area contributed by atoms with Crippen LogP contribution in [-0.4, -0.2) is 18.2 Å². The first-order valence-corrected chi connectivity index (χ1v) is 7.23. The quantitative estimate of drug-likeness (QED) is 0.626. The van der Waals surface area contributed by atoms with Crippen molar-refractivity contribution in [2.24, 2.45) is 0 Å². The van der Waals surface area contributed by atoms with Crippen molar-refractivity contribution in [3.05, 3.63) is 41.0 Å². The minimum absolute atomic E-state index is 0.0446. The van der Waals surface area contributed by atoms with Gasteiger partial charge in [-0.15, -0.1) is 0 Å². The van der Waals surface area contributed by atoms with Crippen LogP contribution in [0.3, 0.4) is 0 Å². The van der Waals surface area contributed by atoms with Gasteiger partial charge in [-0.05, 0) is 29.5 Å². The fourth-order valence-electron chi connectivity index (χ4n) is 1.94. The fraction of sp³-hybridized carbons (Fsp3) is 0.444. The summed E-state index contributed by atoms with van der Waals surface area (Å²) in [5, 5.41) is 0. The average molecular weight is 304 g/mol. The van der Waals surface area contributed by atoms with Crippen molar-refractivity contribution in [1.82, 2.24) is 0 Å². The van der Waals surface area contributed by atoms with E-state index in [0.717, 1.165) is 5.56 Å². The molecule has 4 heteroatoms. The Kier molecular flexibility index (Phi) is 5.92. The molecule has 0 saturated heterocycles. The molecule has 22 heavy (non-hydrogen) atoms. The molecule has 4 nitrogen and oxygen atoms in total. The molecule has 0 bridgehead atoms. The Bertz CT molecular complexity index is 563. The zero-order valence-electron chi connectivity index (χ0n) is 14.1. The molecule has 0 aliphatic carbocycles. The van der Waals surface area contributed by atoms with Crippen LogP contribution in [0.5, 0.6) is 0 Å². The first-order valence-electron chi connectivity index (χ1n) is 7.23. The monoisotopic (exact) mass is 304 g/mol. The van der Waals surface area contributed by atoms with Gasteiger partial charge in [-0.25, -0.2) is 0 Å². The lowest BCUT2D eigenvalue weighted by Gasteiger charge is -2.20. The summed E-state index contributed by atoms with van der Waals surface area (Å²) < 4.78 is 10.1. The topological polar surface area (TPSA) is 52.6 Å². The highest BCUT2D eigenvalue weighted by Crippen LogP contribution is 2.24. The van der Waals surface area contributed by atoms with Crippen molar-refractivity contribution >= 4 is 18.0 Å². The summed E-state index contributed by atoms with van der Waals surface area (Å²) in [6.07, 6.45) is 0.861. The molecule has 0 atom stereocenters. The van der Waals surface area contributed by atoms with Gasteiger partial charge in [0.15, 0.2) is 0 Å².